The van der Waals surface area contributed by atoms with E-state index in [1.54, 1.807) is 6.07 Å². The molecule has 1 saturated heterocycles. The van der Waals surface area contributed by atoms with E-state index in [2.05, 4.69) is 25.7 Å². The fourth-order valence-corrected chi connectivity index (χ4v) is 3.40. The van der Waals surface area contributed by atoms with Crippen LogP contribution in [-0.2, 0) is 16.0 Å². The predicted octanol–water partition coefficient (Wildman–Crippen LogP) is 0.985. The monoisotopic (exact) mass is 406 g/mol. The van der Waals surface area contributed by atoms with Gasteiger partial charge in [0.15, 0.2) is 5.82 Å². The Labute approximate surface area is 168 Å². The van der Waals surface area contributed by atoms with Crippen LogP contribution in [0.25, 0.3) is 0 Å². The molecule has 2 amide bonds. The van der Waals surface area contributed by atoms with E-state index in [4.69, 9.17) is 4.52 Å². The van der Waals surface area contributed by atoms with Gasteiger partial charge in [0.05, 0.1) is 17.4 Å². The van der Waals surface area contributed by atoms with Crippen molar-refractivity contribution in [2.75, 3.05) is 43.4 Å². The summed E-state index contributed by atoms with van der Waals surface area (Å²) < 4.78 is 5.33. The molecule has 2 aliphatic heterocycles. The first-order valence-corrected chi connectivity index (χ1v) is 9.04. The maximum absolute atomic E-state index is 12.7. The van der Waals surface area contributed by atoms with E-state index in [0.717, 1.165) is 19.6 Å². The van der Waals surface area contributed by atoms with Gasteiger partial charge in [-0.25, -0.2) is 0 Å². The van der Waals surface area contributed by atoms with Crippen LogP contribution >= 0.6 is 12.4 Å². The molecular weight excluding hydrogens is 384 g/mol. The van der Waals surface area contributed by atoms with Crippen LogP contribution in [0, 0.1) is 0 Å². The second-order valence-corrected chi connectivity index (χ2v) is 6.79. The van der Waals surface area contributed by atoms with Crippen LogP contribution in [0.3, 0.4) is 0 Å². The summed E-state index contributed by atoms with van der Waals surface area (Å²) in [5.74, 6) is 0.727. The third kappa shape index (κ3) is 4.16. The molecule has 1 fully saturated rings. The van der Waals surface area contributed by atoms with E-state index in [1.807, 2.05) is 25.2 Å². The van der Waals surface area contributed by atoms with Crippen molar-refractivity contribution in [1.82, 2.24) is 20.4 Å². The molecule has 9 nitrogen and oxygen atoms in total. The Hall–Kier alpha value is -2.49. The van der Waals surface area contributed by atoms with E-state index < -0.39 is 0 Å². The number of carbonyl (C=O) groups is 2. The number of halogens is 1. The Balaban J connectivity index is 0.00000225. The van der Waals surface area contributed by atoms with Crippen molar-refractivity contribution in [3.8, 4) is 0 Å². The van der Waals surface area contributed by atoms with Crippen LogP contribution in [0.15, 0.2) is 28.8 Å². The highest BCUT2D eigenvalue weighted by atomic mass is 35.5. The molecular formula is C18H23ClN6O3. The van der Waals surface area contributed by atoms with Crippen LogP contribution in [0.4, 0.5) is 11.4 Å². The van der Waals surface area contributed by atoms with Gasteiger partial charge in [-0.3, -0.25) is 14.5 Å². The molecule has 0 radical (unpaired) electrons. The number of hydrogen-bond acceptors (Lipinski definition) is 7. The molecule has 2 N–H and O–H groups in total. The van der Waals surface area contributed by atoms with Crippen molar-refractivity contribution in [2.45, 2.75) is 18.9 Å². The number of piperazine rings is 1. The molecule has 10 heteroatoms. The second kappa shape index (κ2) is 8.68. The number of aryl methyl sites for hydroxylation is 1. The molecule has 2 aliphatic rings. The van der Waals surface area contributed by atoms with Crippen LogP contribution in [0.5, 0.6) is 0 Å². The molecule has 1 unspecified atom stereocenters. The number of nitrogens with zero attached hydrogens (tertiary/aromatic N) is 4. The lowest BCUT2D eigenvalue weighted by atomic mass is 10.1. The molecule has 0 bridgehead atoms. The number of amides is 2. The predicted molar refractivity (Wildman–Crippen MR) is 106 cm³/mol. The molecule has 0 aliphatic carbocycles. The van der Waals surface area contributed by atoms with Gasteiger partial charge in [-0.1, -0.05) is 17.3 Å². The van der Waals surface area contributed by atoms with Crippen LogP contribution in [-0.4, -0.2) is 60.1 Å². The Morgan fingerprint density at radius 3 is 3.00 bits per heavy atom. The average molecular weight is 407 g/mol. The molecule has 2 aromatic rings. The van der Waals surface area contributed by atoms with Gasteiger partial charge in [-0.05, 0) is 19.2 Å². The smallest absolute Gasteiger partial charge is 0.244 e. The molecule has 1 aromatic heterocycles. The van der Waals surface area contributed by atoms with Crippen molar-refractivity contribution in [3.05, 3.63) is 36.0 Å². The molecule has 1 atom stereocenters. The number of aromatic nitrogens is 2. The number of para-hydroxylation sites is 2. The highest BCUT2D eigenvalue weighted by molar-refractivity contribution is 6.09. The number of hydrogen-bond donors (Lipinski definition) is 2. The zero-order chi connectivity index (χ0) is 18.8. The molecule has 4 rings (SSSR count). The van der Waals surface area contributed by atoms with Gasteiger partial charge < -0.3 is 20.1 Å². The van der Waals surface area contributed by atoms with Crippen molar-refractivity contribution < 1.29 is 14.1 Å². The first-order chi connectivity index (χ1) is 13.1. The fraction of sp³-hybridized carbons (Fsp3) is 0.444. The highest BCUT2D eigenvalue weighted by Gasteiger charge is 2.28. The summed E-state index contributed by atoms with van der Waals surface area (Å²) in [5.41, 5.74) is 1.36. The summed E-state index contributed by atoms with van der Waals surface area (Å²) in [4.78, 5) is 32.7. The van der Waals surface area contributed by atoms with Gasteiger partial charge in [0.25, 0.3) is 0 Å². The Morgan fingerprint density at radius 1 is 1.36 bits per heavy atom. The highest BCUT2D eigenvalue weighted by Crippen LogP contribution is 2.29. The third-order valence-corrected chi connectivity index (χ3v) is 4.92. The summed E-state index contributed by atoms with van der Waals surface area (Å²) in [6.45, 7) is 2.65. The summed E-state index contributed by atoms with van der Waals surface area (Å²) in [7, 11) is 2.03. The topological polar surface area (TPSA) is 104 Å². The lowest BCUT2D eigenvalue weighted by Gasteiger charge is -2.30. The van der Waals surface area contributed by atoms with Gasteiger partial charge in [0, 0.05) is 32.5 Å². The van der Waals surface area contributed by atoms with Crippen molar-refractivity contribution in [3.63, 3.8) is 0 Å². The molecule has 0 spiro atoms. The van der Waals surface area contributed by atoms with E-state index >= 15 is 0 Å². The van der Waals surface area contributed by atoms with Crippen molar-refractivity contribution in [2.24, 2.45) is 0 Å². The number of rotatable bonds is 4. The van der Waals surface area contributed by atoms with Gasteiger partial charge in [0.2, 0.25) is 17.7 Å². The van der Waals surface area contributed by atoms with Crippen LogP contribution < -0.4 is 15.5 Å². The van der Waals surface area contributed by atoms with Gasteiger partial charge >= 0.3 is 0 Å². The number of fused-ring (bicyclic) bond motifs is 1. The Bertz CT molecular complexity index is 857. The minimum atomic E-state index is -0.199. The number of nitrogens with one attached hydrogen (secondary N) is 2. The van der Waals surface area contributed by atoms with Crippen molar-refractivity contribution in [1.29, 1.82) is 0 Å². The summed E-state index contributed by atoms with van der Waals surface area (Å²) in [6.07, 6.45) is 0.540. The molecule has 150 valence electrons. The standard InChI is InChI=1S/C18H22N6O3.ClH/c1-23-9-8-19-10-14(23)18-21-16(27-22-18)6-7-17(26)24-11-15(25)20-12-4-2-3-5-13(12)24;/h2-5,14,19H,6-11H2,1H3,(H,20,25);1H. The normalized spacial score (nSPS) is 19.5. The molecule has 1 aromatic carbocycles. The number of benzene rings is 1. The largest absolute Gasteiger partial charge is 0.339 e. The number of anilines is 2. The second-order valence-electron chi connectivity index (χ2n) is 6.79. The summed E-state index contributed by atoms with van der Waals surface area (Å²) >= 11 is 0. The van der Waals surface area contributed by atoms with Crippen LogP contribution in [0.2, 0.25) is 0 Å². The molecule has 28 heavy (non-hydrogen) atoms. The maximum atomic E-state index is 12.7. The van der Waals surface area contributed by atoms with E-state index in [1.165, 1.54) is 4.90 Å². The minimum Gasteiger partial charge on any atom is -0.339 e. The van der Waals surface area contributed by atoms with Gasteiger partial charge in [0.1, 0.15) is 6.54 Å². The zero-order valence-electron chi connectivity index (χ0n) is 15.6. The van der Waals surface area contributed by atoms with Crippen molar-refractivity contribution >= 4 is 35.6 Å². The van der Waals surface area contributed by atoms with Crippen LogP contribution in [0.1, 0.15) is 24.2 Å². The third-order valence-electron chi connectivity index (χ3n) is 4.92. The molecule has 0 saturated carbocycles. The van der Waals surface area contributed by atoms with E-state index in [9.17, 15) is 9.59 Å². The van der Waals surface area contributed by atoms with E-state index in [-0.39, 0.29) is 43.2 Å². The fourth-order valence-electron chi connectivity index (χ4n) is 3.40. The lowest BCUT2D eigenvalue weighted by Crippen LogP contribution is -2.44. The quantitative estimate of drug-likeness (QED) is 0.780. The lowest BCUT2D eigenvalue weighted by molar-refractivity contribution is -0.121. The molecule has 3 heterocycles. The Kier molecular flexibility index (Phi) is 6.28. The van der Waals surface area contributed by atoms with E-state index in [0.29, 0.717) is 29.5 Å². The van der Waals surface area contributed by atoms with Gasteiger partial charge in [-0.2, -0.15) is 4.98 Å². The summed E-state index contributed by atoms with van der Waals surface area (Å²) in [6, 6.07) is 7.35. The first kappa shape index (κ1) is 20.2. The number of carbonyl (C=O) groups excluding carboxylic acids is 2. The zero-order valence-corrected chi connectivity index (χ0v) is 16.4. The average Bonchev–Trinajstić information content (AvgIpc) is 3.14. The SMILES string of the molecule is CN1CCNCC1c1noc(CCC(=O)N2CC(=O)Nc3ccccc32)n1.Cl. The summed E-state index contributed by atoms with van der Waals surface area (Å²) in [5, 5.41) is 10.2. The van der Waals surface area contributed by atoms with Gasteiger partial charge in [-0.15, -0.1) is 12.4 Å². The first-order valence-electron chi connectivity index (χ1n) is 9.04. The minimum absolute atomic E-state index is 0. The number of likely N-dealkylation sites (N-methyl/N-ethyl adjacent to an activating group) is 1. The maximum Gasteiger partial charge on any atom is 0.244 e. The Morgan fingerprint density at radius 2 is 2.18 bits per heavy atom.